The lowest BCUT2D eigenvalue weighted by Crippen LogP contribution is -2.32. The number of nitrogens with zero attached hydrogens (tertiary/aromatic N) is 3. The molecule has 0 aliphatic rings. The fourth-order valence-electron chi connectivity index (χ4n) is 3.20. The number of unbranched alkanes of at least 4 members (excludes halogenated alkanes) is 1. The number of fused-ring (bicyclic) bond motifs is 1. The normalized spacial score (nSPS) is 11.5. The highest BCUT2D eigenvalue weighted by atomic mass is 16.6. The molecular weight excluding hydrogens is 380 g/mol. The number of alkyl carbamates (subject to hydrolysis) is 1. The first kappa shape index (κ1) is 21.5. The van der Waals surface area contributed by atoms with Crippen LogP contribution in [0.3, 0.4) is 0 Å². The molecule has 30 heavy (non-hydrogen) atoms. The number of rotatable bonds is 7. The Morgan fingerprint density at radius 1 is 1.27 bits per heavy atom. The molecule has 0 fully saturated rings. The van der Waals surface area contributed by atoms with Crippen LogP contribution in [0.4, 0.5) is 4.79 Å². The van der Waals surface area contributed by atoms with E-state index in [1.165, 1.54) is 0 Å². The quantitative estimate of drug-likeness (QED) is 0.462. The zero-order valence-corrected chi connectivity index (χ0v) is 17.9. The molecule has 3 aromatic rings. The summed E-state index contributed by atoms with van der Waals surface area (Å²) in [6.07, 6.45) is 5.47. The van der Waals surface area contributed by atoms with Gasteiger partial charge in [-0.3, -0.25) is 9.67 Å². The Bertz CT molecular complexity index is 1050. The van der Waals surface area contributed by atoms with Crippen LogP contribution in [0.1, 0.15) is 44.7 Å². The summed E-state index contributed by atoms with van der Waals surface area (Å²) in [5.41, 5.74) is 5.28. The molecule has 0 radical (unpaired) electrons. The molecule has 3 rings (SSSR count). The second-order valence-corrected chi connectivity index (χ2v) is 8.29. The number of pyridine rings is 1. The Morgan fingerprint density at radius 3 is 2.77 bits per heavy atom. The number of carbonyl (C=O) groups is 2. The minimum atomic E-state index is -0.521. The molecule has 7 nitrogen and oxygen atoms in total. The van der Waals surface area contributed by atoms with Crippen LogP contribution in [-0.4, -0.2) is 32.7 Å². The predicted molar refractivity (Wildman–Crippen MR) is 116 cm³/mol. The molecule has 1 aromatic carbocycles. The number of aldehydes is 1. The number of aromatic nitrogens is 3. The first-order chi connectivity index (χ1) is 14.3. The Hall–Kier alpha value is -3.22. The average molecular weight is 409 g/mol. The molecule has 1 amide bonds. The number of amides is 1. The van der Waals surface area contributed by atoms with Crippen LogP contribution in [0.2, 0.25) is 0 Å². The highest BCUT2D eigenvalue weighted by molar-refractivity contribution is 5.91. The molecule has 0 unspecified atom stereocenters. The van der Waals surface area contributed by atoms with Gasteiger partial charge in [-0.05, 0) is 56.9 Å². The largest absolute Gasteiger partial charge is 0.444 e. The van der Waals surface area contributed by atoms with Crippen molar-refractivity contribution in [2.45, 2.75) is 59.2 Å². The van der Waals surface area contributed by atoms with Crippen molar-refractivity contribution in [2.24, 2.45) is 0 Å². The summed E-state index contributed by atoms with van der Waals surface area (Å²) >= 11 is 0. The molecule has 0 aliphatic heterocycles. The zero-order chi connectivity index (χ0) is 21.7. The minimum Gasteiger partial charge on any atom is -0.444 e. The maximum Gasteiger partial charge on any atom is 0.407 e. The van der Waals surface area contributed by atoms with Crippen molar-refractivity contribution >= 4 is 23.4 Å². The second kappa shape index (κ2) is 9.07. The van der Waals surface area contributed by atoms with E-state index in [4.69, 9.17) is 4.74 Å². The lowest BCUT2D eigenvalue weighted by molar-refractivity contribution is -0.107. The van der Waals surface area contributed by atoms with Crippen LogP contribution < -0.4 is 5.32 Å². The van der Waals surface area contributed by atoms with E-state index in [0.29, 0.717) is 19.5 Å². The average Bonchev–Trinajstić information content (AvgIpc) is 3.08. The predicted octanol–water partition coefficient (Wildman–Crippen LogP) is 4.41. The number of carbonyl (C=O) groups excluding carboxylic acids is 2. The Balaban J connectivity index is 1.78. The third-order valence-electron chi connectivity index (χ3n) is 4.64. The van der Waals surface area contributed by atoms with Gasteiger partial charge in [0.25, 0.3) is 0 Å². The summed E-state index contributed by atoms with van der Waals surface area (Å²) in [5, 5.41) is 7.47. The molecule has 0 atom stereocenters. The maximum atomic E-state index is 11.9. The standard InChI is InChI=1S/C23H28N4O3/c1-16-13-17(7-8-18(16)14-25-22(29)30-23(2,3)4)19-9-10-24-20-15-27(26-21(19)20)11-5-6-12-28/h7-10,12-13,15H,5-6,11,14H2,1-4H3,(H,25,29). The third kappa shape index (κ3) is 5.43. The van der Waals surface area contributed by atoms with Crippen molar-refractivity contribution < 1.29 is 14.3 Å². The van der Waals surface area contributed by atoms with Gasteiger partial charge in [0.05, 0.1) is 6.20 Å². The summed E-state index contributed by atoms with van der Waals surface area (Å²) in [6.45, 7) is 8.62. The number of aryl methyl sites for hydroxylation is 2. The lowest BCUT2D eigenvalue weighted by Gasteiger charge is -2.20. The summed E-state index contributed by atoms with van der Waals surface area (Å²) in [6, 6.07) is 8.08. The minimum absolute atomic E-state index is 0.401. The van der Waals surface area contributed by atoms with Crippen molar-refractivity contribution in [3.63, 3.8) is 0 Å². The highest BCUT2D eigenvalue weighted by Crippen LogP contribution is 2.28. The maximum absolute atomic E-state index is 11.9. The fraction of sp³-hybridized carbons (Fsp3) is 0.391. The number of nitrogens with one attached hydrogen (secondary N) is 1. The van der Waals surface area contributed by atoms with E-state index in [-0.39, 0.29) is 0 Å². The van der Waals surface area contributed by atoms with E-state index in [2.05, 4.69) is 21.5 Å². The van der Waals surface area contributed by atoms with Crippen LogP contribution in [-0.2, 0) is 22.6 Å². The number of benzene rings is 1. The molecule has 1 N–H and O–H groups in total. The summed E-state index contributed by atoms with van der Waals surface area (Å²) < 4.78 is 7.13. The van der Waals surface area contributed by atoms with Crippen LogP contribution in [0, 0.1) is 6.92 Å². The molecule has 2 heterocycles. The first-order valence-corrected chi connectivity index (χ1v) is 10.1. The van der Waals surface area contributed by atoms with E-state index in [1.807, 2.05) is 56.8 Å². The number of hydrogen-bond acceptors (Lipinski definition) is 5. The summed E-state index contributed by atoms with van der Waals surface area (Å²) in [7, 11) is 0. The molecule has 0 aliphatic carbocycles. The van der Waals surface area contributed by atoms with E-state index >= 15 is 0 Å². The molecule has 0 saturated heterocycles. The molecule has 158 valence electrons. The number of ether oxygens (including phenoxy) is 1. The van der Waals surface area contributed by atoms with Gasteiger partial charge in [0, 0.05) is 31.3 Å². The van der Waals surface area contributed by atoms with Crippen LogP contribution in [0.5, 0.6) is 0 Å². The lowest BCUT2D eigenvalue weighted by atomic mass is 9.99. The van der Waals surface area contributed by atoms with E-state index < -0.39 is 11.7 Å². The van der Waals surface area contributed by atoms with E-state index in [9.17, 15) is 9.59 Å². The SMILES string of the molecule is Cc1cc(-c2ccnc3cn(CCCC=O)nc23)ccc1CNC(=O)OC(C)(C)C. The van der Waals surface area contributed by atoms with Gasteiger partial charge in [-0.2, -0.15) is 5.10 Å². The van der Waals surface area contributed by atoms with Gasteiger partial charge in [0.2, 0.25) is 0 Å². The van der Waals surface area contributed by atoms with Gasteiger partial charge in [0.1, 0.15) is 22.9 Å². The smallest absolute Gasteiger partial charge is 0.407 e. The Morgan fingerprint density at radius 2 is 2.07 bits per heavy atom. The van der Waals surface area contributed by atoms with Crippen molar-refractivity contribution in [3.05, 3.63) is 47.8 Å². The number of hydrogen-bond donors (Lipinski definition) is 1. The molecule has 7 heteroatoms. The topological polar surface area (TPSA) is 86.1 Å². The van der Waals surface area contributed by atoms with E-state index in [0.717, 1.165) is 46.0 Å². The van der Waals surface area contributed by atoms with Crippen LogP contribution in [0.25, 0.3) is 22.2 Å². The molecule has 0 spiro atoms. The van der Waals surface area contributed by atoms with Crippen LogP contribution >= 0.6 is 0 Å². The Kier molecular flexibility index (Phi) is 6.50. The highest BCUT2D eigenvalue weighted by Gasteiger charge is 2.16. The van der Waals surface area contributed by atoms with Crippen molar-refractivity contribution in [3.8, 4) is 11.1 Å². The van der Waals surface area contributed by atoms with Gasteiger partial charge in [-0.25, -0.2) is 4.79 Å². The molecular formula is C23H28N4O3. The van der Waals surface area contributed by atoms with Crippen molar-refractivity contribution in [1.82, 2.24) is 20.1 Å². The molecule has 2 aromatic heterocycles. The zero-order valence-electron chi connectivity index (χ0n) is 17.9. The summed E-state index contributed by atoms with van der Waals surface area (Å²) in [5.74, 6) is 0. The van der Waals surface area contributed by atoms with Crippen molar-refractivity contribution in [1.29, 1.82) is 0 Å². The monoisotopic (exact) mass is 408 g/mol. The first-order valence-electron chi connectivity index (χ1n) is 10.1. The van der Waals surface area contributed by atoms with Gasteiger partial charge < -0.3 is 14.8 Å². The molecule has 0 bridgehead atoms. The van der Waals surface area contributed by atoms with Gasteiger partial charge in [0.15, 0.2) is 0 Å². The Labute approximate surface area is 176 Å². The van der Waals surface area contributed by atoms with Gasteiger partial charge in [-0.15, -0.1) is 0 Å². The second-order valence-electron chi connectivity index (χ2n) is 8.29. The van der Waals surface area contributed by atoms with Gasteiger partial charge >= 0.3 is 6.09 Å². The summed E-state index contributed by atoms with van der Waals surface area (Å²) in [4.78, 5) is 26.9. The molecule has 0 saturated carbocycles. The third-order valence-corrected chi connectivity index (χ3v) is 4.64. The van der Waals surface area contributed by atoms with E-state index in [1.54, 1.807) is 6.20 Å². The van der Waals surface area contributed by atoms with Crippen molar-refractivity contribution in [2.75, 3.05) is 0 Å². The van der Waals surface area contributed by atoms with Crippen LogP contribution in [0.15, 0.2) is 36.7 Å². The fourth-order valence-corrected chi connectivity index (χ4v) is 3.20. The van der Waals surface area contributed by atoms with Gasteiger partial charge in [-0.1, -0.05) is 18.2 Å².